The zero-order valence-corrected chi connectivity index (χ0v) is 20.6. The third-order valence-corrected chi connectivity index (χ3v) is 7.90. The molecule has 2 aliphatic heterocycles. The normalized spacial score (nSPS) is 20.0. The number of carbonyl (C=O) groups is 3. The molecule has 0 spiro atoms. The summed E-state index contributed by atoms with van der Waals surface area (Å²) < 4.78 is 49.5. The van der Waals surface area contributed by atoms with E-state index in [4.69, 9.17) is 10.5 Å². The molecular weight excluding hydrogens is 503 g/mol. The van der Waals surface area contributed by atoms with Gasteiger partial charge in [0.2, 0.25) is 11.8 Å². The molecule has 0 bridgehead atoms. The number of hydrogen-bond acceptors (Lipinski definition) is 7. The topological polar surface area (TPSA) is 148 Å². The molecule has 3 aliphatic rings. The molecular formula is C25H25FN4O6S. The van der Waals surface area contributed by atoms with Crippen molar-refractivity contribution in [1.82, 2.24) is 0 Å². The van der Waals surface area contributed by atoms with Gasteiger partial charge in [-0.1, -0.05) is 12.8 Å². The van der Waals surface area contributed by atoms with Gasteiger partial charge in [0.1, 0.15) is 22.3 Å². The summed E-state index contributed by atoms with van der Waals surface area (Å²) in [6, 6.07) is 7.90. The molecule has 2 heterocycles. The van der Waals surface area contributed by atoms with Crippen molar-refractivity contribution in [1.29, 1.82) is 0 Å². The standard InChI is InChI=1S/C25H25FN4O6S/c26-15-5-8-19-17(12-15)23(32)22(25(33)30(19)10-9-14-3-4-14)24-28-18-7-6-16(36-11-1-2-21(27)31)13-20(18)37(34,35)29-24/h5-8,12-14,22H,1-4,9-11H2,(H2,27,31)(H,28,29)/t22-/m0/s1. The lowest BCUT2D eigenvalue weighted by molar-refractivity contribution is -0.120. The van der Waals surface area contributed by atoms with Crippen LogP contribution in [0.4, 0.5) is 15.8 Å². The summed E-state index contributed by atoms with van der Waals surface area (Å²) in [5.41, 5.74) is 5.55. The molecule has 5 rings (SSSR count). The third kappa shape index (κ3) is 5.06. The minimum atomic E-state index is -4.30. The first-order chi connectivity index (χ1) is 17.6. The highest BCUT2D eigenvalue weighted by atomic mass is 32.2. The highest BCUT2D eigenvalue weighted by Gasteiger charge is 2.45. The molecule has 0 aromatic heterocycles. The first-order valence-corrected chi connectivity index (χ1v) is 13.4. The SMILES string of the molecule is NC(=O)CCCOc1ccc2c(c1)S(=O)(=O)N=C([C@@H]1C(=O)c3cc(F)ccc3N(CCC3CC3)C1=O)N2. The summed E-state index contributed by atoms with van der Waals surface area (Å²) in [7, 11) is -4.30. The van der Waals surface area contributed by atoms with Gasteiger partial charge in [-0.05, 0) is 49.1 Å². The Morgan fingerprint density at radius 3 is 2.70 bits per heavy atom. The Balaban J connectivity index is 1.44. The molecule has 1 fully saturated rings. The number of primary amides is 1. The number of ketones is 1. The molecule has 37 heavy (non-hydrogen) atoms. The summed E-state index contributed by atoms with van der Waals surface area (Å²) in [6.07, 6.45) is 3.37. The van der Waals surface area contributed by atoms with Crippen LogP contribution in [0.3, 0.4) is 0 Å². The zero-order valence-electron chi connectivity index (χ0n) is 19.8. The summed E-state index contributed by atoms with van der Waals surface area (Å²) in [4.78, 5) is 39.0. The van der Waals surface area contributed by atoms with Crippen molar-refractivity contribution in [3.05, 3.63) is 47.8 Å². The second-order valence-electron chi connectivity index (χ2n) is 9.33. The number of nitrogens with one attached hydrogen (secondary N) is 1. The van der Waals surface area contributed by atoms with E-state index in [2.05, 4.69) is 9.71 Å². The number of nitrogens with two attached hydrogens (primary N) is 1. The number of amides is 2. The average Bonchev–Trinajstić information content (AvgIpc) is 3.66. The van der Waals surface area contributed by atoms with Crippen molar-refractivity contribution >= 4 is 44.8 Å². The Labute approximate surface area is 212 Å². The van der Waals surface area contributed by atoms with Crippen LogP contribution in [0.2, 0.25) is 0 Å². The molecule has 1 atom stereocenters. The predicted molar refractivity (Wildman–Crippen MR) is 133 cm³/mol. The monoisotopic (exact) mass is 528 g/mol. The van der Waals surface area contributed by atoms with Crippen molar-refractivity contribution < 1.29 is 31.9 Å². The maximum absolute atomic E-state index is 14.1. The largest absolute Gasteiger partial charge is 0.494 e. The number of anilines is 2. The Morgan fingerprint density at radius 2 is 1.97 bits per heavy atom. The van der Waals surface area contributed by atoms with Gasteiger partial charge >= 0.3 is 0 Å². The number of ether oxygens (including phenoxy) is 1. The number of benzene rings is 2. The van der Waals surface area contributed by atoms with Crippen molar-refractivity contribution in [3.63, 3.8) is 0 Å². The molecule has 1 aliphatic carbocycles. The maximum atomic E-state index is 14.1. The molecule has 10 nitrogen and oxygen atoms in total. The molecule has 1 saturated carbocycles. The van der Waals surface area contributed by atoms with Gasteiger partial charge in [0.05, 0.1) is 18.0 Å². The fourth-order valence-electron chi connectivity index (χ4n) is 4.48. The van der Waals surface area contributed by atoms with E-state index in [1.165, 1.54) is 35.2 Å². The predicted octanol–water partition coefficient (Wildman–Crippen LogP) is 2.63. The number of carbonyl (C=O) groups excluding carboxylic acids is 3. The van der Waals surface area contributed by atoms with Crippen molar-refractivity contribution in [2.24, 2.45) is 22.0 Å². The van der Waals surface area contributed by atoms with Crippen LogP contribution in [0, 0.1) is 17.7 Å². The minimum Gasteiger partial charge on any atom is -0.494 e. The molecule has 194 valence electrons. The summed E-state index contributed by atoms with van der Waals surface area (Å²) >= 11 is 0. The lowest BCUT2D eigenvalue weighted by atomic mass is 9.88. The fraction of sp³-hybridized carbons (Fsp3) is 0.360. The van der Waals surface area contributed by atoms with Crippen LogP contribution >= 0.6 is 0 Å². The van der Waals surface area contributed by atoms with E-state index in [0.29, 0.717) is 24.6 Å². The Bertz CT molecular complexity index is 1440. The number of fused-ring (bicyclic) bond motifs is 2. The first-order valence-electron chi connectivity index (χ1n) is 12.0. The molecule has 0 radical (unpaired) electrons. The summed E-state index contributed by atoms with van der Waals surface area (Å²) in [5.74, 6) is -3.58. The molecule has 2 aromatic carbocycles. The molecule has 2 aromatic rings. The highest BCUT2D eigenvalue weighted by molar-refractivity contribution is 7.90. The van der Waals surface area contributed by atoms with E-state index in [9.17, 15) is 27.2 Å². The Hall–Kier alpha value is -3.80. The first kappa shape index (κ1) is 24.9. The van der Waals surface area contributed by atoms with Crippen LogP contribution in [0.1, 0.15) is 42.5 Å². The van der Waals surface area contributed by atoms with Crippen LogP contribution in [0.25, 0.3) is 0 Å². The van der Waals surface area contributed by atoms with Crippen molar-refractivity contribution in [2.75, 3.05) is 23.4 Å². The van der Waals surface area contributed by atoms with E-state index in [-0.39, 0.29) is 40.8 Å². The van der Waals surface area contributed by atoms with Gasteiger partial charge in [-0.3, -0.25) is 14.4 Å². The molecule has 0 saturated heterocycles. The van der Waals surface area contributed by atoms with E-state index >= 15 is 0 Å². The summed E-state index contributed by atoms with van der Waals surface area (Å²) in [5, 5.41) is 2.83. The van der Waals surface area contributed by atoms with Gasteiger partial charge in [0, 0.05) is 24.6 Å². The van der Waals surface area contributed by atoms with Gasteiger partial charge < -0.3 is 20.7 Å². The average molecular weight is 529 g/mol. The Morgan fingerprint density at radius 1 is 1.19 bits per heavy atom. The number of sulfonamides is 1. The second-order valence-corrected chi connectivity index (χ2v) is 10.9. The van der Waals surface area contributed by atoms with Gasteiger partial charge in [-0.15, -0.1) is 4.40 Å². The van der Waals surface area contributed by atoms with E-state index in [1.54, 1.807) is 0 Å². The minimum absolute atomic E-state index is 0.00722. The van der Waals surface area contributed by atoms with Crippen LogP contribution in [0.5, 0.6) is 5.75 Å². The van der Waals surface area contributed by atoms with Gasteiger partial charge in [-0.25, -0.2) is 4.39 Å². The molecule has 2 amide bonds. The van der Waals surface area contributed by atoms with Crippen molar-refractivity contribution in [3.8, 4) is 5.75 Å². The van der Waals surface area contributed by atoms with Crippen LogP contribution in [-0.4, -0.2) is 45.0 Å². The van der Waals surface area contributed by atoms with E-state index in [0.717, 1.165) is 25.3 Å². The quantitative estimate of drug-likeness (QED) is 0.375. The zero-order chi connectivity index (χ0) is 26.3. The molecule has 0 unspecified atom stereocenters. The van der Waals surface area contributed by atoms with E-state index < -0.39 is 39.4 Å². The molecule has 3 N–H and O–H groups in total. The fourth-order valence-corrected chi connectivity index (χ4v) is 5.65. The number of rotatable bonds is 9. The van der Waals surface area contributed by atoms with Gasteiger partial charge in [0.25, 0.3) is 10.0 Å². The van der Waals surface area contributed by atoms with Gasteiger partial charge in [0.15, 0.2) is 11.7 Å². The van der Waals surface area contributed by atoms with Crippen LogP contribution in [0.15, 0.2) is 45.7 Å². The number of nitrogens with zero attached hydrogens (tertiary/aromatic N) is 2. The molecule has 12 heteroatoms. The lowest BCUT2D eigenvalue weighted by Crippen LogP contribution is -2.50. The highest BCUT2D eigenvalue weighted by Crippen LogP contribution is 2.38. The summed E-state index contributed by atoms with van der Waals surface area (Å²) in [6.45, 7) is 0.487. The third-order valence-electron chi connectivity index (χ3n) is 6.57. The number of hydrogen-bond donors (Lipinski definition) is 2. The van der Waals surface area contributed by atoms with Gasteiger partial charge in [-0.2, -0.15) is 8.42 Å². The lowest BCUT2D eigenvalue weighted by Gasteiger charge is -2.34. The Kier molecular flexibility index (Phi) is 6.44. The maximum Gasteiger partial charge on any atom is 0.286 e. The number of amidine groups is 1. The smallest absolute Gasteiger partial charge is 0.286 e. The second kappa shape index (κ2) is 9.58. The van der Waals surface area contributed by atoms with Crippen LogP contribution < -0.4 is 20.7 Å². The number of halogens is 1. The number of Topliss-reactive ketones (excluding diaryl/α,β-unsaturated/α-hetero) is 1. The van der Waals surface area contributed by atoms with Crippen molar-refractivity contribution in [2.45, 2.75) is 37.0 Å². The van der Waals surface area contributed by atoms with E-state index in [1.807, 2.05) is 0 Å². The van der Waals surface area contributed by atoms with Crippen LogP contribution in [-0.2, 0) is 19.6 Å².